The van der Waals surface area contributed by atoms with Gasteiger partial charge in [0, 0.05) is 32.1 Å². The first-order valence-electron chi connectivity index (χ1n) is 10.8. The lowest BCUT2D eigenvalue weighted by Gasteiger charge is -2.11. The molecule has 1 N–H and O–H groups in total. The van der Waals surface area contributed by atoms with Crippen LogP contribution in [0.25, 0.3) is 11.1 Å². The number of carbonyl (C=O) groups excluding carboxylic acids is 1. The molecule has 5 nitrogen and oxygen atoms in total. The summed E-state index contributed by atoms with van der Waals surface area (Å²) in [6, 6.07) is 4.26. The summed E-state index contributed by atoms with van der Waals surface area (Å²) >= 11 is 0. The molecular weight excluding hydrogens is 376 g/mol. The van der Waals surface area contributed by atoms with Crippen molar-refractivity contribution < 1.29 is 13.9 Å². The monoisotopic (exact) mass is 408 g/mol. The second-order valence-electron chi connectivity index (χ2n) is 7.79. The molecule has 1 aliphatic carbocycles. The molecule has 2 aromatic rings. The molecule has 1 atom stereocenters. The molecule has 0 fully saturated rings. The summed E-state index contributed by atoms with van der Waals surface area (Å²) in [7, 11) is 0. The number of benzene rings is 1. The Labute approximate surface area is 178 Å². The zero-order valence-electron chi connectivity index (χ0n) is 17.9. The molecule has 0 aliphatic heterocycles. The number of aryl methyl sites for hydroxylation is 2. The second-order valence-corrected chi connectivity index (χ2v) is 7.79. The summed E-state index contributed by atoms with van der Waals surface area (Å²) in [6.45, 7) is 11.0. The van der Waals surface area contributed by atoms with E-state index in [0.29, 0.717) is 25.7 Å². The second kappa shape index (κ2) is 10.9. The van der Waals surface area contributed by atoms with Gasteiger partial charge in [-0.15, -0.1) is 0 Å². The lowest BCUT2D eigenvalue weighted by molar-refractivity contribution is -0.118. The van der Waals surface area contributed by atoms with E-state index in [1.165, 1.54) is 11.1 Å². The van der Waals surface area contributed by atoms with Gasteiger partial charge in [0.15, 0.2) is 11.5 Å². The number of amides is 1. The van der Waals surface area contributed by atoms with E-state index < -0.39 is 0 Å². The highest BCUT2D eigenvalue weighted by atomic mass is 16.5. The van der Waals surface area contributed by atoms with Crippen LogP contribution in [0.1, 0.15) is 55.5 Å². The van der Waals surface area contributed by atoms with Crippen molar-refractivity contribution in [2.24, 2.45) is 0 Å². The molecular formula is C25H32N2O3. The molecule has 1 heterocycles. The van der Waals surface area contributed by atoms with Crippen molar-refractivity contribution in [3.05, 3.63) is 66.1 Å². The third-order valence-electron chi connectivity index (χ3n) is 5.56. The summed E-state index contributed by atoms with van der Waals surface area (Å²) in [6.07, 6.45) is 11.3. The molecule has 0 spiro atoms. The largest absolute Gasteiger partial charge is 0.440 e. The van der Waals surface area contributed by atoms with Crippen molar-refractivity contribution >= 4 is 17.0 Å². The van der Waals surface area contributed by atoms with Gasteiger partial charge in [0.25, 0.3) is 0 Å². The van der Waals surface area contributed by atoms with Crippen LogP contribution in [0.2, 0.25) is 0 Å². The minimum Gasteiger partial charge on any atom is -0.440 e. The molecule has 160 valence electrons. The number of rotatable bonds is 12. The van der Waals surface area contributed by atoms with Crippen molar-refractivity contribution in [1.82, 2.24) is 10.3 Å². The van der Waals surface area contributed by atoms with Crippen LogP contribution in [0.4, 0.5) is 0 Å². The van der Waals surface area contributed by atoms with Crippen molar-refractivity contribution in [3.8, 4) is 0 Å². The van der Waals surface area contributed by atoms with Crippen LogP contribution in [0.5, 0.6) is 0 Å². The smallest absolute Gasteiger partial charge is 0.216 e. The van der Waals surface area contributed by atoms with E-state index in [2.05, 4.69) is 30.6 Å². The number of nitrogens with one attached hydrogen (secondary N) is 1. The number of allylic oxidation sites excluding steroid dienone is 2. The van der Waals surface area contributed by atoms with Gasteiger partial charge in [0.1, 0.15) is 5.52 Å². The Kier molecular flexibility index (Phi) is 8.03. The van der Waals surface area contributed by atoms with Crippen molar-refractivity contribution in [2.75, 3.05) is 19.8 Å². The van der Waals surface area contributed by atoms with Gasteiger partial charge in [0.05, 0.1) is 6.61 Å². The van der Waals surface area contributed by atoms with Crippen LogP contribution in [-0.2, 0) is 22.4 Å². The summed E-state index contributed by atoms with van der Waals surface area (Å²) < 4.78 is 11.9. The van der Waals surface area contributed by atoms with Crippen LogP contribution < -0.4 is 5.32 Å². The Morgan fingerprint density at radius 2 is 2.23 bits per heavy atom. The van der Waals surface area contributed by atoms with Gasteiger partial charge < -0.3 is 14.5 Å². The highest BCUT2D eigenvalue weighted by Crippen LogP contribution is 2.40. The standard InChI is InChI=1S/C25H32N2O3/c1-4-8-19(5-2)17-29-16-7-6-9-23-27-22-13-12-20-10-11-21(14-15-26-18(3)28)24(20)25(22)30-23/h4-5,8,12-13,21H,1-2,6-7,9-11,14-17H2,3H3,(H,26,28)/b19-8+. The lowest BCUT2D eigenvalue weighted by atomic mass is 9.97. The molecule has 3 rings (SSSR count). The van der Waals surface area contributed by atoms with Crippen LogP contribution in [0.3, 0.4) is 0 Å². The molecule has 0 saturated carbocycles. The van der Waals surface area contributed by atoms with E-state index in [4.69, 9.17) is 14.1 Å². The van der Waals surface area contributed by atoms with E-state index >= 15 is 0 Å². The Balaban J connectivity index is 1.53. The molecule has 0 radical (unpaired) electrons. The van der Waals surface area contributed by atoms with Gasteiger partial charge in [-0.05, 0) is 55.2 Å². The first-order valence-corrected chi connectivity index (χ1v) is 10.8. The Bertz CT molecular complexity index is 926. The highest BCUT2D eigenvalue weighted by molar-refractivity contribution is 5.79. The van der Waals surface area contributed by atoms with Crippen LogP contribution >= 0.6 is 0 Å². The Hall–Kier alpha value is -2.66. The van der Waals surface area contributed by atoms with E-state index in [1.807, 2.05) is 6.08 Å². The number of ether oxygens (including phenoxy) is 1. The normalized spacial score (nSPS) is 15.9. The summed E-state index contributed by atoms with van der Waals surface area (Å²) in [5, 5.41) is 2.91. The minimum atomic E-state index is 0.0230. The minimum absolute atomic E-state index is 0.0230. The van der Waals surface area contributed by atoms with Gasteiger partial charge in [-0.2, -0.15) is 0 Å². The average Bonchev–Trinajstić information content (AvgIpc) is 3.32. The molecule has 1 unspecified atom stereocenters. The number of aromatic nitrogens is 1. The third-order valence-corrected chi connectivity index (χ3v) is 5.56. The van der Waals surface area contributed by atoms with Gasteiger partial charge in [0.2, 0.25) is 5.91 Å². The highest BCUT2D eigenvalue weighted by Gasteiger charge is 2.27. The number of hydrogen-bond donors (Lipinski definition) is 1. The first-order chi connectivity index (χ1) is 14.6. The molecule has 1 aliphatic rings. The Morgan fingerprint density at radius 1 is 1.37 bits per heavy atom. The zero-order valence-corrected chi connectivity index (χ0v) is 17.9. The lowest BCUT2D eigenvalue weighted by Crippen LogP contribution is -2.22. The maximum absolute atomic E-state index is 11.2. The van der Waals surface area contributed by atoms with Gasteiger partial charge in [-0.3, -0.25) is 4.79 Å². The number of hydrogen-bond acceptors (Lipinski definition) is 4. The summed E-state index contributed by atoms with van der Waals surface area (Å²) in [5.41, 5.74) is 5.57. The van der Waals surface area contributed by atoms with Crippen molar-refractivity contribution in [2.45, 2.75) is 51.4 Å². The predicted octanol–water partition coefficient (Wildman–Crippen LogP) is 5.02. The molecule has 1 aromatic carbocycles. The van der Waals surface area contributed by atoms with Crippen molar-refractivity contribution in [1.29, 1.82) is 0 Å². The third kappa shape index (κ3) is 5.70. The van der Waals surface area contributed by atoms with Gasteiger partial charge in [-0.25, -0.2) is 4.98 Å². The number of nitrogens with zero attached hydrogens (tertiary/aromatic N) is 1. The predicted molar refractivity (Wildman–Crippen MR) is 121 cm³/mol. The fourth-order valence-electron chi connectivity index (χ4n) is 4.05. The number of carbonyl (C=O) groups is 1. The quantitative estimate of drug-likeness (QED) is 0.396. The summed E-state index contributed by atoms with van der Waals surface area (Å²) in [4.78, 5) is 15.9. The zero-order chi connectivity index (χ0) is 21.3. The maximum Gasteiger partial charge on any atom is 0.216 e. The van der Waals surface area contributed by atoms with Crippen LogP contribution in [0.15, 0.2) is 53.5 Å². The SMILES string of the molecule is C=C/C=C(\C=C)COCCCCc1nc2ccc3c(c2o1)C(CCNC(C)=O)CC3. The van der Waals surface area contributed by atoms with E-state index in [0.717, 1.165) is 61.1 Å². The van der Waals surface area contributed by atoms with Crippen LogP contribution in [0, 0.1) is 0 Å². The fourth-order valence-corrected chi connectivity index (χ4v) is 4.05. The molecule has 30 heavy (non-hydrogen) atoms. The summed E-state index contributed by atoms with van der Waals surface area (Å²) in [5.74, 6) is 1.24. The number of oxazole rings is 1. The number of unbranched alkanes of at least 4 members (excludes halogenated alkanes) is 1. The van der Waals surface area contributed by atoms with Gasteiger partial charge >= 0.3 is 0 Å². The van der Waals surface area contributed by atoms with E-state index in [9.17, 15) is 4.79 Å². The average molecular weight is 409 g/mol. The Morgan fingerprint density at radius 3 is 3.00 bits per heavy atom. The van der Waals surface area contributed by atoms with E-state index in [1.54, 1.807) is 19.1 Å². The van der Waals surface area contributed by atoms with Gasteiger partial charge in [-0.1, -0.05) is 37.5 Å². The van der Waals surface area contributed by atoms with E-state index in [-0.39, 0.29) is 5.91 Å². The number of fused-ring (bicyclic) bond motifs is 3. The molecule has 0 saturated heterocycles. The molecule has 1 amide bonds. The molecule has 0 bridgehead atoms. The molecule has 5 heteroatoms. The van der Waals surface area contributed by atoms with Crippen molar-refractivity contribution in [3.63, 3.8) is 0 Å². The topological polar surface area (TPSA) is 64.4 Å². The fraction of sp³-hybridized carbons (Fsp3) is 0.440. The first kappa shape index (κ1) is 22.0. The molecule has 1 aromatic heterocycles. The maximum atomic E-state index is 11.2. The van der Waals surface area contributed by atoms with Crippen LogP contribution in [-0.4, -0.2) is 30.6 Å².